The summed E-state index contributed by atoms with van der Waals surface area (Å²) in [7, 11) is 0. The van der Waals surface area contributed by atoms with E-state index in [2.05, 4.69) is 15.9 Å². The van der Waals surface area contributed by atoms with Crippen LogP contribution in [-0.4, -0.2) is 15.3 Å². The molecular formula is C14H9BrN2O3S. The fraction of sp³-hybridized carbons (Fsp3) is 0.0714. The van der Waals surface area contributed by atoms with Gasteiger partial charge in [-0.25, -0.2) is 0 Å². The zero-order valence-corrected chi connectivity index (χ0v) is 13.1. The van der Waals surface area contributed by atoms with E-state index >= 15 is 0 Å². The molecule has 3 aromatic rings. The first-order chi connectivity index (χ1) is 10.0. The highest BCUT2D eigenvalue weighted by Crippen LogP contribution is 2.25. The van der Waals surface area contributed by atoms with E-state index in [-0.39, 0.29) is 18.0 Å². The minimum atomic E-state index is -0.425. The Bertz CT molecular complexity index is 853. The third-order valence-corrected chi connectivity index (χ3v) is 4.79. The first-order valence-corrected chi connectivity index (χ1v) is 7.67. The van der Waals surface area contributed by atoms with Gasteiger partial charge in [-0.2, -0.15) is 0 Å². The quantitative estimate of drug-likeness (QED) is 0.394. The molecule has 7 heteroatoms. The topological polar surface area (TPSA) is 65.1 Å². The van der Waals surface area contributed by atoms with Crippen molar-refractivity contribution in [1.29, 1.82) is 0 Å². The van der Waals surface area contributed by atoms with E-state index in [1.54, 1.807) is 29.0 Å². The van der Waals surface area contributed by atoms with Crippen LogP contribution in [0.25, 0.3) is 10.9 Å². The first-order valence-electron chi connectivity index (χ1n) is 6.06. The van der Waals surface area contributed by atoms with Crippen molar-refractivity contribution >= 4 is 49.6 Å². The molecule has 0 aliphatic heterocycles. The highest BCUT2D eigenvalue weighted by Gasteiger charge is 2.13. The number of carbonyl (C=O) groups is 1. The van der Waals surface area contributed by atoms with Crippen molar-refractivity contribution in [1.82, 2.24) is 4.57 Å². The molecule has 0 radical (unpaired) electrons. The summed E-state index contributed by atoms with van der Waals surface area (Å²) in [5.74, 6) is 0.0153. The molecule has 21 heavy (non-hydrogen) atoms. The summed E-state index contributed by atoms with van der Waals surface area (Å²) in [5.41, 5.74) is 0.860. The predicted octanol–water partition coefficient (Wildman–Crippen LogP) is 4.26. The van der Waals surface area contributed by atoms with E-state index in [1.165, 1.54) is 23.5 Å². The molecule has 0 spiro atoms. The summed E-state index contributed by atoms with van der Waals surface area (Å²) < 4.78 is 2.72. The monoisotopic (exact) mass is 364 g/mol. The molecule has 0 saturated carbocycles. The Kier molecular flexibility index (Phi) is 3.60. The number of aromatic nitrogens is 1. The molecule has 0 aliphatic carbocycles. The van der Waals surface area contributed by atoms with Crippen LogP contribution < -0.4 is 0 Å². The number of Topliss-reactive ketones (excluding diaryl/α,β-unsaturated/α-hetero) is 1. The molecule has 0 bridgehead atoms. The molecule has 0 atom stereocenters. The van der Waals surface area contributed by atoms with Gasteiger partial charge in [0, 0.05) is 29.2 Å². The summed E-state index contributed by atoms with van der Waals surface area (Å²) in [4.78, 5) is 23.2. The van der Waals surface area contributed by atoms with Crippen LogP contribution in [0.1, 0.15) is 9.67 Å². The molecule has 106 valence electrons. The van der Waals surface area contributed by atoms with Gasteiger partial charge in [0.2, 0.25) is 0 Å². The zero-order chi connectivity index (χ0) is 15.0. The van der Waals surface area contributed by atoms with Crippen LogP contribution in [0.5, 0.6) is 0 Å². The van der Waals surface area contributed by atoms with Crippen LogP contribution >= 0.6 is 27.3 Å². The van der Waals surface area contributed by atoms with E-state index in [0.717, 1.165) is 14.7 Å². The second kappa shape index (κ2) is 5.42. The largest absolute Gasteiger partial charge is 0.340 e. The van der Waals surface area contributed by atoms with Crippen molar-refractivity contribution < 1.29 is 9.72 Å². The van der Waals surface area contributed by atoms with Crippen LogP contribution in [-0.2, 0) is 6.54 Å². The average molecular weight is 365 g/mol. The van der Waals surface area contributed by atoms with Crippen molar-refractivity contribution in [2.45, 2.75) is 6.54 Å². The number of nitrogens with zero attached hydrogens (tertiary/aromatic N) is 2. The second-order valence-electron chi connectivity index (χ2n) is 4.47. The summed E-state index contributed by atoms with van der Waals surface area (Å²) in [5, 5.41) is 11.5. The number of ketones is 1. The molecule has 0 N–H and O–H groups in total. The van der Waals surface area contributed by atoms with E-state index in [9.17, 15) is 14.9 Å². The summed E-state index contributed by atoms with van der Waals surface area (Å²) in [6.45, 7) is 0.217. The van der Waals surface area contributed by atoms with Gasteiger partial charge in [-0.1, -0.05) is 0 Å². The Morgan fingerprint density at radius 3 is 2.76 bits per heavy atom. The minimum Gasteiger partial charge on any atom is -0.340 e. The number of thiophene rings is 1. The normalized spacial score (nSPS) is 10.9. The van der Waals surface area contributed by atoms with Gasteiger partial charge in [0.05, 0.1) is 20.1 Å². The third-order valence-electron chi connectivity index (χ3n) is 3.13. The number of nitro benzene ring substituents is 1. The summed E-state index contributed by atoms with van der Waals surface area (Å²) >= 11 is 4.73. The van der Waals surface area contributed by atoms with E-state index in [1.807, 2.05) is 6.07 Å². The molecule has 0 aliphatic rings. The van der Waals surface area contributed by atoms with Crippen LogP contribution in [0.3, 0.4) is 0 Å². The van der Waals surface area contributed by atoms with Gasteiger partial charge in [0.15, 0.2) is 5.78 Å². The minimum absolute atomic E-state index is 0.0153. The number of halogens is 1. The van der Waals surface area contributed by atoms with Crippen molar-refractivity contribution in [2.24, 2.45) is 0 Å². The van der Waals surface area contributed by atoms with E-state index in [0.29, 0.717) is 4.88 Å². The molecule has 2 aromatic heterocycles. The lowest BCUT2D eigenvalue weighted by Gasteiger charge is -2.03. The van der Waals surface area contributed by atoms with Crippen molar-refractivity contribution in [3.8, 4) is 0 Å². The molecule has 2 heterocycles. The molecule has 1 aromatic carbocycles. The number of non-ortho nitro benzene ring substituents is 1. The van der Waals surface area contributed by atoms with Crippen LogP contribution in [0.4, 0.5) is 5.69 Å². The number of fused-ring (bicyclic) bond motifs is 1. The summed E-state index contributed by atoms with van der Waals surface area (Å²) in [6, 6.07) is 10.0. The Hall–Kier alpha value is -1.99. The molecule has 0 amide bonds. The third kappa shape index (κ3) is 2.74. The highest BCUT2D eigenvalue weighted by atomic mass is 79.9. The molecule has 5 nitrogen and oxygen atoms in total. The van der Waals surface area contributed by atoms with Gasteiger partial charge < -0.3 is 4.57 Å². The van der Waals surface area contributed by atoms with Crippen LogP contribution in [0, 0.1) is 10.1 Å². The van der Waals surface area contributed by atoms with Crippen molar-refractivity contribution in [2.75, 3.05) is 0 Å². The maximum atomic E-state index is 12.2. The number of hydrogen-bond acceptors (Lipinski definition) is 4. The lowest BCUT2D eigenvalue weighted by molar-refractivity contribution is -0.384. The predicted molar refractivity (Wildman–Crippen MR) is 84.9 cm³/mol. The first kappa shape index (κ1) is 14.0. The Balaban J connectivity index is 1.91. The van der Waals surface area contributed by atoms with Gasteiger partial charge in [0.25, 0.3) is 5.69 Å². The number of nitro groups is 1. The van der Waals surface area contributed by atoms with Gasteiger partial charge in [-0.05, 0) is 40.2 Å². The number of benzene rings is 1. The van der Waals surface area contributed by atoms with Gasteiger partial charge in [-0.15, -0.1) is 11.3 Å². The number of hydrogen-bond donors (Lipinski definition) is 0. The standard InChI is InChI=1S/C14H9BrN2O3S/c15-14-4-3-13(21-14)12(18)8-16-6-5-9-7-10(17(19)20)1-2-11(9)16/h1-7H,8H2. The summed E-state index contributed by atoms with van der Waals surface area (Å²) in [6.07, 6.45) is 1.77. The fourth-order valence-electron chi connectivity index (χ4n) is 2.14. The van der Waals surface area contributed by atoms with Crippen LogP contribution in [0.15, 0.2) is 46.4 Å². The number of carbonyl (C=O) groups excluding carboxylic acids is 1. The lowest BCUT2D eigenvalue weighted by atomic mass is 10.2. The van der Waals surface area contributed by atoms with Gasteiger partial charge in [0.1, 0.15) is 0 Å². The maximum Gasteiger partial charge on any atom is 0.270 e. The average Bonchev–Trinajstić information content (AvgIpc) is 3.05. The second-order valence-corrected chi connectivity index (χ2v) is 6.93. The Labute approximate surface area is 132 Å². The van der Waals surface area contributed by atoms with Gasteiger partial charge in [-0.3, -0.25) is 14.9 Å². The molecule has 0 saturated heterocycles. The van der Waals surface area contributed by atoms with Crippen LogP contribution in [0.2, 0.25) is 0 Å². The van der Waals surface area contributed by atoms with E-state index in [4.69, 9.17) is 0 Å². The van der Waals surface area contributed by atoms with Crippen molar-refractivity contribution in [3.63, 3.8) is 0 Å². The molecule has 3 rings (SSSR count). The number of rotatable bonds is 4. The molecular weight excluding hydrogens is 356 g/mol. The molecule has 0 fully saturated rings. The highest BCUT2D eigenvalue weighted by molar-refractivity contribution is 9.11. The Morgan fingerprint density at radius 2 is 2.10 bits per heavy atom. The smallest absolute Gasteiger partial charge is 0.270 e. The molecule has 0 unspecified atom stereocenters. The lowest BCUT2D eigenvalue weighted by Crippen LogP contribution is -2.07. The fourth-order valence-corrected chi connectivity index (χ4v) is 3.45. The van der Waals surface area contributed by atoms with Gasteiger partial charge >= 0.3 is 0 Å². The maximum absolute atomic E-state index is 12.2. The SMILES string of the molecule is O=C(Cn1ccc2cc([N+](=O)[O-])ccc21)c1ccc(Br)s1. The van der Waals surface area contributed by atoms with E-state index < -0.39 is 4.92 Å². The Morgan fingerprint density at radius 1 is 1.29 bits per heavy atom. The zero-order valence-electron chi connectivity index (χ0n) is 10.7. The van der Waals surface area contributed by atoms with Crippen molar-refractivity contribution in [3.05, 3.63) is 61.4 Å².